The van der Waals surface area contributed by atoms with E-state index in [1.165, 1.54) is 11.5 Å². The van der Waals surface area contributed by atoms with Crippen molar-refractivity contribution in [1.82, 2.24) is 9.36 Å². The predicted molar refractivity (Wildman–Crippen MR) is 77.2 cm³/mol. The molecule has 2 aromatic rings. The van der Waals surface area contributed by atoms with Crippen molar-refractivity contribution in [2.24, 2.45) is 0 Å². The maximum Gasteiger partial charge on any atom is 0.298 e. The average molecular weight is 328 g/mol. The Morgan fingerprint density at radius 1 is 1.28 bits per heavy atom. The monoisotopic (exact) mass is 327 g/mol. The summed E-state index contributed by atoms with van der Waals surface area (Å²) in [6, 6.07) is 5.41. The Balaban J connectivity index is 2.21. The van der Waals surface area contributed by atoms with Gasteiger partial charge in [-0.1, -0.05) is 36.7 Å². The van der Waals surface area contributed by atoms with Crippen molar-refractivity contribution in [2.75, 3.05) is 5.73 Å². The fourth-order valence-electron chi connectivity index (χ4n) is 1.30. The van der Waals surface area contributed by atoms with Crippen LogP contribution in [-0.4, -0.2) is 9.36 Å². The van der Waals surface area contributed by atoms with E-state index in [0.717, 1.165) is 10.3 Å². The number of benzene rings is 1. The summed E-state index contributed by atoms with van der Waals surface area (Å²) in [5, 5.41) is 0.525. The summed E-state index contributed by atoms with van der Waals surface area (Å²) in [4.78, 5) is 4.37. The molecule has 0 saturated carbocycles. The van der Waals surface area contributed by atoms with Gasteiger partial charge in [-0.15, -0.1) is 0 Å². The second kappa shape index (κ2) is 4.85. The van der Waals surface area contributed by atoms with Crippen molar-refractivity contribution in [1.29, 1.82) is 0 Å². The van der Waals surface area contributed by atoms with E-state index in [2.05, 4.69) is 46.1 Å². The van der Waals surface area contributed by atoms with E-state index in [9.17, 15) is 0 Å². The van der Waals surface area contributed by atoms with Crippen molar-refractivity contribution in [2.45, 2.75) is 26.2 Å². The molecule has 0 aliphatic heterocycles. The smallest absolute Gasteiger partial charge is 0.298 e. The first-order valence-corrected chi connectivity index (χ1v) is 6.99. The molecule has 0 spiro atoms. The molecule has 96 valence electrons. The van der Waals surface area contributed by atoms with Crippen molar-refractivity contribution in [3.05, 3.63) is 28.5 Å². The highest BCUT2D eigenvalue weighted by Gasteiger charge is 2.20. The Kier molecular flexibility index (Phi) is 3.59. The van der Waals surface area contributed by atoms with Gasteiger partial charge in [0.25, 0.3) is 5.19 Å². The van der Waals surface area contributed by atoms with Crippen LogP contribution in [0, 0.1) is 0 Å². The van der Waals surface area contributed by atoms with Crippen molar-refractivity contribution in [3.63, 3.8) is 0 Å². The molecule has 0 aliphatic rings. The molecule has 0 aliphatic carbocycles. The third-order valence-electron chi connectivity index (χ3n) is 2.18. The van der Waals surface area contributed by atoms with Crippen LogP contribution < -0.4 is 10.5 Å². The van der Waals surface area contributed by atoms with Crippen LogP contribution in [0.5, 0.6) is 10.9 Å². The second-order valence-electron chi connectivity index (χ2n) is 4.96. The molecule has 1 aromatic heterocycles. The Morgan fingerprint density at radius 3 is 2.56 bits per heavy atom. The van der Waals surface area contributed by atoms with Gasteiger partial charge < -0.3 is 10.5 Å². The summed E-state index contributed by atoms with van der Waals surface area (Å²) in [6.07, 6.45) is 0. The number of anilines is 1. The lowest BCUT2D eigenvalue weighted by molar-refractivity contribution is 0.468. The predicted octanol–water partition coefficient (Wildman–Crippen LogP) is 3.97. The van der Waals surface area contributed by atoms with Crippen LogP contribution in [0.4, 0.5) is 5.69 Å². The van der Waals surface area contributed by atoms with E-state index in [-0.39, 0.29) is 5.41 Å². The maximum atomic E-state index is 5.74. The number of halogens is 1. The molecule has 0 radical (unpaired) electrons. The molecule has 1 heterocycles. The molecule has 2 N–H and O–H groups in total. The lowest BCUT2D eigenvalue weighted by atomic mass is 9.96. The number of nitrogen functional groups attached to an aromatic ring is 1. The normalized spacial score (nSPS) is 11.6. The number of nitrogens with two attached hydrogens (primary N) is 1. The minimum absolute atomic E-state index is 0.0750. The second-order valence-corrected chi connectivity index (χ2v) is 6.59. The van der Waals surface area contributed by atoms with Gasteiger partial charge in [0.15, 0.2) is 5.82 Å². The minimum atomic E-state index is -0.0750. The minimum Gasteiger partial charge on any atom is -0.430 e. The van der Waals surface area contributed by atoms with Gasteiger partial charge in [-0.25, -0.2) is 0 Å². The summed E-state index contributed by atoms with van der Waals surface area (Å²) in [5.74, 6) is 1.43. The zero-order chi connectivity index (χ0) is 13.3. The SMILES string of the molecule is CC(C)(C)c1nsc(Oc2cc(N)cc(Br)c2)n1. The van der Waals surface area contributed by atoms with Crippen LogP contribution in [0.15, 0.2) is 22.7 Å². The first kappa shape index (κ1) is 13.3. The number of hydrogen-bond acceptors (Lipinski definition) is 5. The summed E-state index contributed by atoms with van der Waals surface area (Å²) in [6.45, 7) is 6.20. The Hall–Kier alpha value is -1.14. The summed E-state index contributed by atoms with van der Waals surface area (Å²) in [7, 11) is 0. The maximum absolute atomic E-state index is 5.74. The fraction of sp³-hybridized carbons (Fsp3) is 0.333. The average Bonchev–Trinajstić information content (AvgIpc) is 2.63. The fourth-order valence-corrected chi connectivity index (χ4v) is 2.53. The highest BCUT2D eigenvalue weighted by atomic mass is 79.9. The van der Waals surface area contributed by atoms with Gasteiger partial charge in [-0.05, 0) is 12.1 Å². The quantitative estimate of drug-likeness (QED) is 0.847. The number of rotatable bonds is 2. The summed E-state index contributed by atoms with van der Waals surface area (Å²) in [5.41, 5.74) is 6.31. The lowest BCUT2D eigenvalue weighted by Crippen LogP contribution is -2.12. The molecule has 1 aromatic carbocycles. The van der Waals surface area contributed by atoms with Crippen LogP contribution in [0.2, 0.25) is 0 Å². The van der Waals surface area contributed by atoms with E-state index in [0.29, 0.717) is 16.6 Å². The van der Waals surface area contributed by atoms with Crippen LogP contribution in [0.3, 0.4) is 0 Å². The first-order chi connectivity index (χ1) is 8.34. The Bertz CT molecular complexity index is 542. The molecule has 2 rings (SSSR count). The zero-order valence-corrected chi connectivity index (χ0v) is 12.8. The number of hydrogen-bond donors (Lipinski definition) is 1. The molecule has 0 atom stereocenters. The van der Waals surface area contributed by atoms with Gasteiger partial charge in [-0.3, -0.25) is 0 Å². The standard InChI is InChI=1S/C12H14BrN3OS/c1-12(2,3)10-15-11(18-16-10)17-9-5-7(13)4-8(14)6-9/h4-6H,14H2,1-3H3. The van der Waals surface area contributed by atoms with Crippen molar-refractivity contribution in [3.8, 4) is 10.9 Å². The Morgan fingerprint density at radius 2 is 2.00 bits per heavy atom. The van der Waals surface area contributed by atoms with Gasteiger partial charge in [0.05, 0.1) is 0 Å². The topological polar surface area (TPSA) is 61.0 Å². The largest absolute Gasteiger partial charge is 0.430 e. The molecule has 0 amide bonds. The molecule has 0 bridgehead atoms. The van der Waals surface area contributed by atoms with E-state index in [1.54, 1.807) is 6.07 Å². The molecular weight excluding hydrogens is 314 g/mol. The van der Waals surface area contributed by atoms with Crippen LogP contribution in [-0.2, 0) is 5.41 Å². The number of ether oxygens (including phenoxy) is 1. The van der Waals surface area contributed by atoms with Crippen LogP contribution in [0.1, 0.15) is 26.6 Å². The first-order valence-electron chi connectivity index (χ1n) is 5.43. The van der Waals surface area contributed by atoms with Gasteiger partial charge >= 0.3 is 0 Å². The van der Waals surface area contributed by atoms with Gasteiger partial charge in [0.1, 0.15) is 5.75 Å². The van der Waals surface area contributed by atoms with Crippen LogP contribution in [0.25, 0.3) is 0 Å². The van der Waals surface area contributed by atoms with Crippen LogP contribution >= 0.6 is 27.5 Å². The number of aromatic nitrogens is 2. The molecular formula is C12H14BrN3OS. The van der Waals surface area contributed by atoms with E-state index < -0.39 is 0 Å². The molecule has 0 unspecified atom stereocenters. The van der Waals surface area contributed by atoms with E-state index in [1.807, 2.05) is 12.1 Å². The summed E-state index contributed by atoms with van der Waals surface area (Å²) >= 11 is 4.61. The molecule has 4 nitrogen and oxygen atoms in total. The summed E-state index contributed by atoms with van der Waals surface area (Å²) < 4.78 is 10.8. The third kappa shape index (κ3) is 3.20. The van der Waals surface area contributed by atoms with Gasteiger partial charge in [-0.2, -0.15) is 9.36 Å². The lowest BCUT2D eigenvalue weighted by Gasteiger charge is -2.12. The van der Waals surface area contributed by atoms with Gasteiger partial charge in [0.2, 0.25) is 0 Å². The molecule has 0 fully saturated rings. The van der Waals surface area contributed by atoms with Crippen molar-refractivity contribution >= 4 is 33.1 Å². The van der Waals surface area contributed by atoms with Crippen molar-refractivity contribution < 1.29 is 4.74 Å². The highest BCUT2D eigenvalue weighted by molar-refractivity contribution is 9.10. The third-order valence-corrected chi connectivity index (χ3v) is 3.23. The zero-order valence-electron chi connectivity index (χ0n) is 10.4. The van der Waals surface area contributed by atoms with E-state index in [4.69, 9.17) is 10.5 Å². The molecule has 18 heavy (non-hydrogen) atoms. The number of nitrogens with zero attached hydrogens (tertiary/aromatic N) is 2. The molecule has 6 heteroatoms. The van der Waals surface area contributed by atoms with E-state index >= 15 is 0 Å². The van der Waals surface area contributed by atoms with Gasteiger partial charge in [0, 0.05) is 33.2 Å². The molecule has 0 saturated heterocycles. The Labute approximate surface area is 118 Å². The highest BCUT2D eigenvalue weighted by Crippen LogP contribution is 2.30.